The molecule has 0 saturated carbocycles. The van der Waals surface area contributed by atoms with Crippen molar-refractivity contribution in [3.8, 4) is 0 Å². The summed E-state index contributed by atoms with van der Waals surface area (Å²) in [5.41, 5.74) is 0. The molecule has 0 radical (unpaired) electrons. The van der Waals surface area contributed by atoms with Crippen molar-refractivity contribution in [3.05, 3.63) is 13.1 Å². The quantitative estimate of drug-likeness (QED) is 0.376. The summed E-state index contributed by atoms with van der Waals surface area (Å²) in [4.78, 5) is 0. The molecule has 0 aliphatic carbocycles. The Morgan fingerprint density at radius 3 is 1.67 bits per heavy atom. The maximum Gasteiger partial charge on any atom is 2.00 e. The number of hydrogen-bond acceptors (Lipinski definition) is 0. The van der Waals surface area contributed by atoms with Crippen molar-refractivity contribution in [2.45, 2.75) is 19.8 Å². The molecule has 0 spiro atoms. The Bertz CT molecular complexity index is 9.51. The fraction of sp³-hybridized carbons (Fsp3) is 0.750. The first kappa shape index (κ1) is 15.9. The van der Waals surface area contributed by atoms with Crippen molar-refractivity contribution in [2.75, 3.05) is 0 Å². The Balaban J connectivity index is -0.0000000450. The van der Waals surface area contributed by atoms with Crippen LogP contribution in [0.15, 0.2) is 0 Å². The van der Waals surface area contributed by atoms with Gasteiger partial charge in [-0.2, -0.15) is 6.42 Å². The van der Waals surface area contributed by atoms with E-state index >= 15 is 0 Å². The second-order valence-electron chi connectivity index (χ2n) is 0.854. The van der Waals surface area contributed by atoms with Gasteiger partial charge in [-0.3, -0.25) is 0 Å². The molecule has 0 fully saturated rings. The SMILES string of the molecule is [CH2-]CCC.[NH2-].[Ti+2]. The molecule has 2 heteroatoms. The van der Waals surface area contributed by atoms with Gasteiger partial charge in [0.25, 0.3) is 0 Å². The maximum atomic E-state index is 3.60. The second kappa shape index (κ2) is 17.3. The number of nitrogens with two attached hydrogens (primary N) is 1. The molecule has 0 aromatic heterocycles. The minimum atomic E-state index is 0. The van der Waals surface area contributed by atoms with Gasteiger partial charge in [0, 0.05) is 0 Å². The fourth-order valence-electron chi connectivity index (χ4n) is 0. The Labute approximate surface area is 55.0 Å². The van der Waals surface area contributed by atoms with Crippen LogP contribution in [-0.2, 0) is 21.7 Å². The standard InChI is InChI=1S/C4H9.H2N.Ti/c1-3-4-2;;/h1,3-4H2,2H3;1H2;/q2*-1;+2. The molecule has 0 unspecified atom stereocenters. The van der Waals surface area contributed by atoms with E-state index in [9.17, 15) is 0 Å². The minimum Gasteiger partial charge on any atom is -0.693 e. The molecular formula is C4H11NTi. The maximum absolute atomic E-state index is 3.60. The first-order valence-electron chi connectivity index (χ1n) is 1.71. The van der Waals surface area contributed by atoms with E-state index in [1.54, 1.807) is 0 Å². The van der Waals surface area contributed by atoms with Crippen LogP contribution in [0.2, 0.25) is 0 Å². The van der Waals surface area contributed by atoms with Gasteiger partial charge >= 0.3 is 21.7 Å². The smallest absolute Gasteiger partial charge is 0.693 e. The molecular weight excluding hydrogens is 110 g/mol. The Hall–Kier alpha value is 0.674. The van der Waals surface area contributed by atoms with E-state index in [0.717, 1.165) is 6.42 Å². The molecule has 0 atom stereocenters. The van der Waals surface area contributed by atoms with Crippen LogP contribution in [0.3, 0.4) is 0 Å². The summed E-state index contributed by atoms with van der Waals surface area (Å²) in [5, 5.41) is 0. The van der Waals surface area contributed by atoms with Crippen molar-refractivity contribution in [1.82, 2.24) is 0 Å². The molecule has 0 aromatic rings. The minimum absolute atomic E-state index is 0. The monoisotopic (exact) mass is 121 g/mol. The van der Waals surface area contributed by atoms with Crippen LogP contribution in [0, 0.1) is 6.92 Å². The van der Waals surface area contributed by atoms with Crippen LogP contribution >= 0.6 is 0 Å². The summed E-state index contributed by atoms with van der Waals surface area (Å²) in [5.74, 6) is 0. The summed E-state index contributed by atoms with van der Waals surface area (Å²) in [6.07, 6.45) is 2.28. The van der Waals surface area contributed by atoms with Crippen LogP contribution in [0.1, 0.15) is 19.8 Å². The van der Waals surface area contributed by atoms with Gasteiger partial charge in [-0.15, -0.1) is 0 Å². The molecule has 0 aliphatic rings. The van der Waals surface area contributed by atoms with Crippen molar-refractivity contribution < 1.29 is 21.7 Å². The van der Waals surface area contributed by atoms with Gasteiger partial charge in [0.15, 0.2) is 0 Å². The third-order valence-electron chi connectivity index (χ3n) is 0.354. The average molecular weight is 121 g/mol. The zero-order valence-corrected chi connectivity index (χ0v) is 5.76. The Kier molecular flexibility index (Phi) is 46.0. The van der Waals surface area contributed by atoms with Crippen LogP contribution in [0.4, 0.5) is 0 Å². The van der Waals surface area contributed by atoms with E-state index in [1.165, 1.54) is 6.42 Å². The van der Waals surface area contributed by atoms with E-state index in [-0.39, 0.29) is 27.9 Å². The zero-order valence-electron chi connectivity index (χ0n) is 4.20. The van der Waals surface area contributed by atoms with Crippen molar-refractivity contribution in [1.29, 1.82) is 0 Å². The molecule has 6 heavy (non-hydrogen) atoms. The zero-order chi connectivity index (χ0) is 3.41. The molecule has 36 valence electrons. The number of hydrogen-bond donors (Lipinski definition) is 0. The molecule has 0 heterocycles. The van der Waals surface area contributed by atoms with E-state index in [1.807, 2.05) is 0 Å². The topological polar surface area (TPSA) is 33.5 Å². The van der Waals surface area contributed by atoms with Crippen molar-refractivity contribution in [2.24, 2.45) is 0 Å². The average Bonchev–Trinajstić information content (AvgIpc) is 1.37. The molecule has 0 saturated heterocycles. The Morgan fingerprint density at radius 1 is 1.50 bits per heavy atom. The van der Waals surface area contributed by atoms with E-state index in [2.05, 4.69) is 13.8 Å². The van der Waals surface area contributed by atoms with Crippen LogP contribution in [-0.4, -0.2) is 0 Å². The predicted molar refractivity (Wildman–Crippen MR) is 25.5 cm³/mol. The summed E-state index contributed by atoms with van der Waals surface area (Å²) in [6, 6.07) is 0. The van der Waals surface area contributed by atoms with Gasteiger partial charge in [0.05, 0.1) is 0 Å². The molecule has 0 rings (SSSR count). The molecule has 0 aliphatic heterocycles. The van der Waals surface area contributed by atoms with Gasteiger partial charge in [0.2, 0.25) is 0 Å². The largest absolute Gasteiger partial charge is 2.00 e. The third-order valence-corrected chi connectivity index (χ3v) is 0.354. The van der Waals surface area contributed by atoms with E-state index < -0.39 is 0 Å². The summed E-state index contributed by atoms with van der Waals surface area (Å²) in [6.45, 7) is 5.72. The Morgan fingerprint density at radius 2 is 1.67 bits per heavy atom. The first-order chi connectivity index (χ1) is 1.91. The van der Waals surface area contributed by atoms with Gasteiger partial charge in [0.1, 0.15) is 0 Å². The molecule has 2 N–H and O–H groups in total. The molecule has 0 amide bonds. The first-order valence-corrected chi connectivity index (χ1v) is 1.71. The third kappa shape index (κ3) is 22.5. The van der Waals surface area contributed by atoms with E-state index in [4.69, 9.17) is 0 Å². The van der Waals surface area contributed by atoms with Crippen LogP contribution < -0.4 is 0 Å². The van der Waals surface area contributed by atoms with Crippen molar-refractivity contribution >= 4 is 0 Å². The van der Waals surface area contributed by atoms with Crippen LogP contribution in [0.5, 0.6) is 0 Å². The summed E-state index contributed by atoms with van der Waals surface area (Å²) >= 11 is 0. The number of rotatable bonds is 1. The van der Waals surface area contributed by atoms with Crippen LogP contribution in [0.25, 0.3) is 6.15 Å². The normalized spacial score (nSPS) is 5.00. The van der Waals surface area contributed by atoms with Gasteiger partial charge < -0.3 is 13.1 Å². The van der Waals surface area contributed by atoms with E-state index in [0.29, 0.717) is 0 Å². The van der Waals surface area contributed by atoms with Crippen molar-refractivity contribution in [3.63, 3.8) is 0 Å². The fourth-order valence-corrected chi connectivity index (χ4v) is 0. The summed E-state index contributed by atoms with van der Waals surface area (Å²) in [7, 11) is 0. The number of unbranched alkanes of at least 4 members (excludes halogenated alkanes) is 1. The second-order valence-corrected chi connectivity index (χ2v) is 0.854. The van der Waals surface area contributed by atoms with Gasteiger partial charge in [-0.1, -0.05) is 13.3 Å². The summed E-state index contributed by atoms with van der Waals surface area (Å²) < 4.78 is 0. The van der Waals surface area contributed by atoms with Gasteiger partial charge in [-0.05, 0) is 0 Å². The molecule has 1 nitrogen and oxygen atoms in total. The predicted octanol–water partition coefficient (Wildman–Crippen LogP) is 2.34. The molecule has 0 bridgehead atoms. The molecule has 0 aromatic carbocycles. The van der Waals surface area contributed by atoms with Gasteiger partial charge in [-0.25, -0.2) is 0 Å².